The van der Waals surface area contributed by atoms with Gasteiger partial charge in [-0.3, -0.25) is 4.79 Å². The third kappa shape index (κ3) is 3.97. The Bertz CT molecular complexity index is 492. The first-order valence-corrected chi connectivity index (χ1v) is 8.14. The van der Waals surface area contributed by atoms with E-state index < -0.39 is 0 Å². The lowest BCUT2D eigenvalue weighted by Crippen LogP contribution is -2.43. The number of amides is 1. The van der Waals surface area contributed by atoms with Crippen LogP contribution in [-0.2, 0) is 4.79 Å². The second-order valence-corrected chi connectivity index (χ2v) is 6.15. The summed E-state index contributed by atoms with van der Waals surface area (Å²) >= 11 is 0. The molecule has 0 saturated carbocycles. The monoisotopic (exact) mass is 306 g/mol. The molecular weight excluding hydrogens is 283 g/mol. The molecule has 1 unspecified atom stereocenters. The molecule has 0 bridgehead atoms. The molecule has 120 valence electrons. The van der Waals surface area contributed by atoms with Crippen molar-refractivity contribution < 1.29 is 13.9 Å². The summed E-state index contributed by atoms with van der Waals surface area (Å²) in [5, 5.41) is 3.37. The highest BCUT2D eigenvalue weighted by Gasteiger charge is 2.26. The molecule has 2 aliphatic rings. The molecule has 0 spiro atoms. The van der Waals surface area contributed by atoms with E-state index in [-0.39, 0.29) is 17.8 Å². The van der Waals surface area contributed by atoms with E-state index in [1.54, 1.807) is 12.1 Å². The van der Waals surface area contributed by atoms with E-state index in [0.717, 1.165) is 38.9 Å². The van der Waals surface area contributed by atoms with Crippen LogP contribution in [0.3, 0.4) is 0 Å². The molecule has 0 radical (unpaired) electrons. The van der Waals surface area contributed by atoms with Gasteiger partial charge in [0.25, 0.3) is 0 Å². The maximum atomic E-state index is 12.9. The Morgan fingerprint density at radius 3 is 2.59 bits per heavy atom. The minimum Gasteiger partial charge on any atom is -0.490 e. The largest absolute Gasteiger partial charge is 0.490 e. The van der Waals surface area contributed by atoms with Gasteiger partial charge in [0.05, 0.1) is 0 Å². The highest BCUT2D eigenvalue weighted by Crippen LogP contribution is 2.20. The number of nitrogens with one attached hydrogen (secondary N) is 1. The lowest BCUT2D eigenvalue weighted by atomic mass is 10.1. The lowest BCUT2D eigenvalue weighted by molar-refractivity contribution is -0.133. The van der Waals surface area contributed by atoms with Crippen LogP contribution in [0.5, 0.6) is 5.75 Å². The van der Waals surface area contributed by atoms with E-state index in [0.29, 0.717) is 18.2 Å². The number of piperidine rings is 1. The summed E-state index contributed by atoms with van der Waals surface area (Å²) in [4.78, 5) is 14.2. The molecule has 1 amide bonds. The Morgan fingerprint density at radius 1 is 1.23 bits per heavy atom. The average Bonchev–Trinajstić information content (AvgIpc) is 3.03. The molecule has 1 aromatic rings. The van der Waals surface area contributed by atoms with Gasteiger partial charge in [0.1, 0.15) is 17.7 Å². The molecule has 0 aromatic heterocycles. The average molecular weight is 306 g/mol. The van der Waals surface area contributed by atoms with Gasteiger partial charge in [-0.2, -0.15) is 0 Å². The molecule has 2 heterocycles. The number of ether oxygens (including phenoxy) is 1. The zero-order valence-corrected chi connectivity index (χ0v) is 12.8. The van der Waals surface area contributed by atoms with Gasteiger partial charge in [0.2, 0.25) is 5.91 Å². The SMILES string of the molecule is O=C(CC1CCCN1)N1CCC(Oc2ccc(F)cc2)CC1. The smallest absolute Gasteiger partial charge is 0.224 e. The van der Waals surface area contributed by atoms with Gasteiger partial charge in [-0.1, -0.05) is 0 Å². The maximum absolute atomic E-state index is 12.9. The number of carbonyl (C=O) groups is 1. The Labute approximate surface area is 130 Å². The molecule has 2 aliphatic heterocycles. The highest BCUT2D eigenvalue weighted by atomic mass is 19.1. The van der Waals surface area contributed by atoms with E-state index in [9.17, 15) is 9.18 Å². The lowest BCUT2D eigenvalue weighted by Gasteiger charge is -2.32. The number of carbonyl (C=O) groups excluding carboxylic acids is 1. The Morgan fingerprint density at radius 2 is 1.95 bits per heavy atom. The fourth-order valence-electron chi connectivity index (χ4n) is 3.20. The molecule has 3 rings (SSSR count). The zero-order valence-electron chi connectivity index (χ0n) is 12.8. The first-order valence-electron chi connectivity index (χ1n) is 8.14. The van der Waals surface area contributed by atoms with E-state index >= 15 is 0 Å². The number of hydrogen-bond donors (Lipinski definition) is 1. The molecule has 1 N–H and O–H groups in total. The van der Waals surface area contributed by atoms with Crippen molar-refractivity contribution in [2.75, 3.05) is 19.6 Å². The Kier molecular flexibility index (Phi) is 4.93. The summed E-state index contributed by atoms with van der Waals surface area (Å²) in [5.74, 6) is 0.689. The van der Waals surface area contributed by atoms with Crippen LogP contribution in [-0.4, -0.2) is 42.6 Å². The Hall–Kier alpha value is -1.62. The van der Waals surface area contributed by atoms with Crippen molar-refractivity contribution in [3.8, 4) is 5.75 Å². The van der Waals surface area contributed by atoms with E-state index in [1.807, 2.05) is 4.90 Å². The van der Waals surface area contributed by atoms with Crippen molar-refractivity contribution in [2.24, 2.45) is 0 Å². The van der Waals surface area contributed by atoms with Gasteiger partial charge in [-0.15, -0.1) is 0 Å². The number of rotatable bonds is 4. The molecule has 0 aliphatic carbocycles. The second kappa shape index (κ2) is 7.09. The molecule has 1 atom stereocenters. The molecule has 5 heteroatoms. The van der Waals surface area contributed by atoms with Gasteiger partial charge in [0, 0.05) is 38.4 Å². The van der Waals surface area contributed by atoms with Crippen LogP contribution in [0.25, 0.3) is 0 Å². The van der Waals surface area contributed by atoms with Gasteiger partial charge in [-0.05, 0) is 43.7 Å². The first kappa shape index (κ1) is 15.3. The molecule has 4 nitrogen and oxygen atoms in total. The van der Waals surface area contributed by atoms with Crippen LogP contribution < -0.4 is 10.1 Å². The third-order valence-electron chi connectivity index (χ3n) is 4.49. The van der Waals surface area contributed by atoms with Crippen LogP contribution in [0.2, 0.25) is 0 Å². The maximum Gasteiger partial charge on any atom is 0.224 e. The summed E-state index contributed by atoms with van der Waals surface area (Å²) in [7, 11) is 0. The quantitative estimate of drug-likeness (QED) is 0.928. The molecule has 22 heavy (non-hydrogen) atoms. The number of halogens is 1. The molecule has 2 saturated heterocycles. The number of benzene rings is 1. The fourth-order valence-corrected chi connectivity index (χ4v) is 3.20. The van der Waals surface area contributed by atoms with Crippen LogP contribution >= 0.6 is 0 Å². The fraction of sp³-hybridized carbons (Fsp3) is 0.588. The van der Waals surface area contributed by atoms with Crippen LogP contribution in [0.1, 0.15) is 32.1 Å². The van der Waals surface area contributed by atoms with Gasteiger partial charge < -0.3 is 15.0 Å². The summed E-state index contributed by atoms with van der Waals surface area (Å²) < 4.78 is 18.7. The molecule has 1 aromatic carbocycles. The van der Waals surface area contributed by atoms with Crippen LogP contribution in [0.15, 0.2) is 24.3 Å². The minimum absolute atomic E-state index is 0.110. The number of hydrogen-bond acceptors (Lipinski definition) is 3. The second-order valence-electron chi connectivity index (χ2n) is 6.15. The predicted octanol–water partition coefficient (Wildman–Crippen LogP) is 2.34. The van der Waals surface area contributed by atoms with Crippen molar-refractivity contribution in [3.05, 3.63) is 30.1 Å². The number of likely N-dealkylation sites (tertiary alicyclic amines) is 1. The highest BCUT2D eigenvalue weighted by molar-refractivity contribution is 5.77. The van der Waals surface area contributed by atoms with E-state index in [2.05, 4.69) is 5.32 Å². The normalized spacial score (nSPS) is 22.8. The van der Waals surface area contributed by atoms with Crippen molar-refractivity contribution in [3.63, 3.8) is 0 Å². The molecule has 2 fully saturated rings. The van der Waals surface area contributed by atoms with Crippen molar-refractivity contribution in [1.29, 1.82) is 0 Å². The topological polar surface area (TPSA) is 41.6 Å². The van der Waals surface area contributed by atoms with E-state index in [4.69, 9.17) is 4.74 Å². The first-order chi connectivity index (χ1) is 10.7. The summed E-state index contributed by atoms with van der Waals surface area (Å²) in [6.07, 6.45) is 4.67. The summed E-state index contributed by atoms with van der Waals surface area (Å²) in [6, 6.07) is 6.48. The van der Waals surface area contributed by atoms with Gasteiger partial charge in [0.15, 0.2) is 0 Å². The summed E-state index contributed by atoms with van der Waals surface area (Å²) in [5.41, 5.74) is 0. The van der Waals surface area contributed by atoms with Gasteiger partial charge in [-0.25, -0.2) is 4.39 Å². The standard InChI is InChI=1S/C17H23FN2O2/c18-13-3-5-15(6-4-13)22-16-7-10-20(11-8-16)17(21)12-14-2-1-9-19-14/h3-6,14,16,19H,1-2,7-12H2. The summed E-state index contributed by atoms with van der Waals surface area (Å²) in [6.45, 7) is 2.53. The Balaban J connectivity index is 1.43. The predicted molar refractivity (Wildman–Crippen MR) is 82.3 cm³/mol. The number of nitrogens with zero attached hydrogens (tertiary/aromatic N) is 1. The van der Waals surface area contributed by atoms with Crippen molar-refractivity contribution in [1.82, 2.24) is 10.2 Å². The van der Waals surface area contributed by atoms with Crippen molar-refractivity contribution >= 4 is 5.91 Å². The van der Waals surface area contributed by atoms with E-state index in [1.165, 1.54) is 18.6 Å². The minimum atomic E-state index is -0.256. The van der Waals surface area contributed by atoms with Crippen LogP contribution in [0.4, 0.5) is 4.39 Å². The zero-order chi connectivity index (χ0) is 15.4. The molecular formula is C17H23FN2O2. The van der Waals surface area contributed by atoms with Gasteiger partial charge >= 0.3 is 0 Å². The third-order valence-corrected chi connectivity index (χ3v) is 4.49. The van der Waals surface area contributed by atoms with Crippen LogP contribution in [0, 0.1) is 5.82 Å². The van der Waals surface area contributed by atoms with Crippen molar-refractivity contribution in [2.45, 2.75) is 44.2 Å².